The number of benzene rings is 2. The van der Waals surface area contributed by atoms with E-state index in [-0.39, 0.29) is 12.2 Å². The van der Waals surface area contributed by atoms with Gasteiger partial charge in [0.05, 0.1) is 17.2 Å². The number of nitro benzene ring substituents is 1. The maximum atomic E-state index is 12.9. The summed E-state index contributed by atoms with van der Waals surface area (Å²) in [6, 6.07) is 9.87. The SMILES string of the molecule is Cc1cc(Cn2nnn(-c3ccc(F)cc3)c2=O)ccc1[N+](=O)[O-]. The molecule has 122 valence electrons. The van der Waals surface area contributed by atoms with Crippen LogP contribution in [0.3, 0.4) is 0 Å². The summed E-state index contributed by atoms with van der Waals surface area (Å²) in [4.78, 5) is 22.7. The Labute approximate surface area is 134 Å². The van der Waals surface area contributed by atoms with Gasteiger partial charge >= 0.3 is 5.69 Å². The lowest BCUT2D eigenvalue weighted by atomic mass is 10.1. The van der Waals surface area contributed by atoms with Crippen molar-refractivity contribution in [1.29, 1.82) is 0 Å². The number of halogens is 1. The first-order valence-corrected chi connectivity index (χ1v) is 6.98. The summed E-state index contributed by atoms with van der Waals surface area (Å²) in [6.45, 7) is 1.75. The fourth-order valence-electron chi connectivity index (χ4n) is 2.31. The van der Waals surface area contributed by atoms with Crippen LogP contribution < -0.4 is 5.69 Å². The normalized spacial score (nSPS) is 10.8. The zero-order chi connectivity index (χ0) is 17.3. The van der Waals surface area contributed by atoms with Crippen molar-refractivity contribution in [3.8, 4) is 5.69 Å². The molecular formula is C15H12FN5O3. The third-order valence-electron chi connectivity index (χ3n) is 3.50. The lowest BCUT2D eigenvalue weighted by molar-refractivity contribution is -0.385. The smallest absolute Gasteiger partial charge is 0.258 e. The van der Waals surface area contributed by atoms with E-state index in [1.165, 1.54) is 30.3 Å². The van der Waals surface area contributed by atoms with Crippen molar-refractivity contribution in [1.82, 2.24) is 19.8 Å². The first-order valence-electron chi connectivity index (χ1n) is 6.98. The minimum atomic E-state index is -0.488. The van der Waals surface area contributed by atoms with Gasteiger partial charge in [0.1, 0.15) is 5.82 Å². The van der Waals surface area contributed by atoms with E-state index < -0.39 is 16.4 Å². The second kappa shape index (κ2) is 6.03. The highest BCUT2D eigenvalue weighted by molar-refractivity contribution is 5.41. The quantitative estimate of drug-likeness (QED) is 0.537. The number of nitro groups is 1. The highest BCUT2D eigenvalue weighted by atomic mass is 19.1. The number of tetrazole rings is 1. The standard InChI is InChI=1S/C15H12FN5O3/c1-10-8-11(2-7-14(10)21(23)24)9-19-15(22)20(18-17-19)13-5-3-12(16)4-6-13/h2-8H,9H2,1H3. The van der Waals surface area contributed by atoms with E-state index in [2.05, 4.69) is 10.4 Å². The number of hydrogen-bond donors (Lipinski definition) is 0. The number of aryl methyl sites for hydroxylation is 1. The third-order valence-corrected chi connectivity index (χ3v) is 3.50. The van der Waals surface area contributed by atoms with Crippen LogP contribution in [-0.4, -0.2) is 24.7 Å². The molecule has 1 aromatic heterocycles. The molecule has 9 heteroatoms. The molecule has 0 N–H and O–H groups in total. The Balaban J connectivity index is 1.89. The lowest BCUT2D eigenvalue weighted by Gasteiger charge is -2.02. The summed E-state index contributed by atoms with van der Waals surface area (Å²) in [5.74, 6) is -0.416. The Kier molecular flexibility index (Phi) is 3.90. The monoisotopic (exact) mass is 329 g/mol. The summed E-state index contributed by atoms with van der Waals surface area (Å²) in [5, 5.41) is 18.4. The predicted molar refractivity (Wildman–Crippen MR) is 82.5 cm³/mol. The molecule has 2 aromatic carbocycles. The van der Waals surface area contributed by atoms with Crippen LogP contribution in [0.2, 0.25) is 0 Å². The van der Waals surface area contributed by atoms with Crippen molar-refractivity contribution in [3.63, 3.8) is 0 Å². The number of aromatic nitrogens is 4. The van der Waals surface area contributed by atoms with Gasteiger partial charge in [-0.1, -0.05) is 6.07 Å². The van der Waals surface area contributed by atoms with E-state index in [1.54, 1.807) is 19.1 Å². The summed E-state index contributed by atoms with van der Waals surface area (Å²) in [6.07, 6.45) is 0. The molecule has 3 rings (SSSR count). The summed E-state index contributed by atoms with van der Waals surface area (Å²) in [5.41, 5.74) is 1.11. The van der Waals surface area contributed by atoms with Crippen molar-refractivity contribution in [2.45, 2.75) is 13.5 Å². The van der Waals surface area contributed by atoms with Gasteiger partial charge in [0, 0.05) is 11.6 Å². The lowest BCUT2D eigenvalue weighted by Crippen LogP contribution is -2.24. The van der Waals surface area contributed by atoms with Crippen molar-refractivity contribution in [2.24, 2.45) is 0 Å². The Morgan fingerprint density at radius 3 is 2.50 bits per heavy atom. The van der Waals surface area contributed by atoms with E-state index in [1.807, 2.05) is 0 Å². The maximum Gasteiger partial charge on any atom is 0.368 e. The zero-order valence-electron chi connectivity index (χ0n) is 12.6. The average Bonchev–Trinajstić information content (AvgIpc) is 2.89. The molecule has 0 amide bonds. The average molecular weight is 329 g/mol. The van der Waals surface area contributed by atoms with Gasteiger partial charge in [-0.2, -0.15) is 9.36 Å². The number of nitrogens with zero attached hydrogens (tertiary/aromatic N) is 5. The van der Waals surface area contributed by atoms with Crippen molar-refractivity contribution < 1.29 is 9.31 Å². The first kappa shape index (κ1) is 15.5. The highest BCUT2D eigenvalue weighted by Gasteiger charge is 2.13. The molecule has 0 atom stereocenters. The van der Waals surface area contributed by atoms with Crippen molar-refractivity contribution in [2.75, 3.05) is 0 Å². The van der Waals surface area contributed by atoms with Gasteiger partial charge in [-0.15, -0.1) is 0 Å². The Bertz CT molecular complexity index is 962. The van der Waals surface area contributed by atoms with E-state index in [0.29, 0.717) is 16.8 Å². The first-order chi connectivity index (χ1) is 11.5. The molecule has 0 aliphatic carbocycles. The van der Waals surface area contributed by atoms with Crippen LogP contribution in [0.4, 0.5) is 10.1 Å². The van der Waals surface area contributed by atoms with Crippen LogP contribution in [0, 0.1) is 22.9 Å². The second-order valence-electron chi connectivity index (χ2n) is 5.19. The molecule has 0 aliphatic rings. The maximum absolute atomic E-state index is 12.9. The van der Waals surface area contributed by atoms with Gasteiger partial charge in [0.25, 0.3) is 5.69 Å². The zero-order valence-corrected chi connectivity index (χ0v) is 12.6. The molecule has 0 bridgehead atoms. The fraction of sp³-hybridized carbons (Fsp3) is 0.133. The number of hydrogen-bond acceptors (Lipinski definition) is 5. The molecule has 0 saturated carbocycles. The predicted octanol–water partition coefficient (Wildman–Crippen LogP) is 1.83. The molecule has 0 saturated heterocycles. The van der Waals surface area contributed by atoms with Crippen LogP contribution in [0.5, 0.6) is 0 Å². The van der Waals surface area contributed by atoms with Crippen LogP contribution >= 0.6 is 0 Å². The Morgan fingerprint density at radius 2 is 1.88 bits per heavy atom. The largest absolute Gasteiger partial charge is 0.368 e. The van der Waals surface area contributed by atoms with Crippen LogP contribution in [0.15, 0.2) is 47.3 Å². The van der Waals surface area contributed by atoms with Gasteiger partial charge < -0.3 is 0 Å². The Morgan fingerprint density at radius 1 is 1.17 bits per heavy atom. The molecule has 3 aromatic rings. The molecule has 24 heavy (non-hydrogen) atoms. The summed E-state index contributed by atoms with van der Waals surface area (Å²) in [7, 11) is 0. The van der Waals surface area contributed by atoms with Gasteiger partial charge in [-0.25, -0.2) is 9.18 Å². The Hall–Kier alpha value is -3.36. The molecule has 1 heterocycles. The topological polar surface area (TPSA) is 95.8 Å². The molecule has 0 radical (unpaired) electrons. The van der Waals surface area contributed by atoms with E-state index in [0.717, 1.165) is 9.36 Å². The minimum Gasteiger partial charge on any atom is -0.258 e. The van der Waals surface area contributed by atoms with E-state index >= 15 is 0 Å². The van der Waals surface area contributed by atoms with Crippen LogP contribution in [-0.2, 0) is 6.54 Å². The molecule has 8 nitrogen and oxygen atoms in total. The van der Waals surface area contributed by atoms with Crippen molar-refractivity contribution in [3.05, 3.63) is 80.0 Å². The van der Waals surface area contributed by atoms with E-state index in [9.17, 15) is 19.3 Å². The van der Waals surface area contributed by atoms with Gasteiger partial charge in [0.15, 0.2) is 0 Å². The molecule has 0 spiro atoms. The molecular weight excluding hydrogens is 317 g/mol. The van der Waals surface area contributed by atoms with Crippen LogP contribution in [0.25, 0.3) is 5.69 Å². The van der Waals surface area contributed by atoms with E-state index in [4.69, 9.17) is 0 Å². The molecule has 0 fully saturated rings. The summed E-state index contributed by atoms with van der Waals surface area (Å²) >= 11 is 0. The third kappa shape index (κ3) is 2.91. The summed E-state index contributed by atoms with van der Waals surface area (Å²) < 4.78 is 15.1. The fourth-order valence-corrected chi connectivity index (χ4v) is 2.31. The highest BCUT2D eigenvalue weighted by Crippen LogP contribution is 2.19. The van der Waals surface area contributed by atoms with Gasteiger partial charge in [0.2, 0.25) is 0 Å². The van der Waals surface area contributed by atoms with Crippen LogP contribution in [0.1, 0.15) is 11.1 Å². The van der Waals surface area contributed by atoms with Gasteiger partial charge in [-0.05, 0) is 53.2 Å². The molecule has 0 aliphatic heterocycles. The minimum absolute atomic E-state index is 0.0149. The van der Waals surface area contributed by atoms with Crippen molar-refractivity contribution >= 4 is 5.69 Å². The van der Waals surface area contributed by atoms with Gasteiger partial charge in [-0.3, -0.25) is 10.1 Å². The second-order valence-corrected chi connectivity index (χ2v) is 5.19. The molecule has 0 unspecified atom stereocenters. The number of rotatable bonds is 4.